The highest BCUT2D eigenvalue weighted by atomic mass is 16.5. The maximum absolute atomic E-state index is 12.3. The Labute approximate surface area is 169 Å². The van der Waals surface area contributed by atoms with Crippen molar-refractivity contribution in [3.8, 4) is 5.75 Å². The van der Waals surface area contributed by atoms with Crippen LogP contribution in [0, 0.1) is 6.92 Å². The first-order valence-electron chi connectivity index (χ1n) is 9.44. The molecule has 0 saturated carbocycles. The Morgan fingerprint density at radius 1 is 1.07 bits per heavy atom. The van der Waals surface area contributed by atoms with Gasteiger partial charge in [0, 0.05) is 12.2 Å². The zero-order valence-corrected chi connectivity index (χ0v) is 16.5. The van der Waals surface area contributed by atoms with Gasteiger partial charge in [0.1, 0.15) is 18.1 Å². The average Bonchev–Trinajstić information content (AvgIpc) is 3.13. The van der Waals surface area contributed by atoms with Crippen molar-refractivity contribution in [2.75, 3.05) is 11.9 Å². The fourth-order valence-electron chi connectivity index (χ4n) is 2.80. The predicted octanol–water partition coefficient (Wildman–Crippen LogP) is 3.16. The number of amides is 2. The van der Waals surface area contributed by atoms with E-state index in [-0.39, 0.29) is 18.4 Å². The molecular weight excluding hydrogens is 368 g/mol. The van der Waals surface area contributed by atoms with Gasteiger partial charge < -0.3 is 15.4 Å². The minimum Gasteiger partial charge on any atom is -0.489 e. The van der Waals surface area contributed by atoms with Gasteiger partial charge in [0.2, 0.25) is 5.91 Å². The largest absolute Gasteiger partial charge is 0.489 e. The van der Waals surface area contributed by atoms with Crippen LogP contribution in [0.25, 0.3) is 0 Å². The highest BCUT2D eigenvalue weighted by molar-refractivity contribution is 5.98. The average molecular weight is 392 g/mol. The molecule has 0 aliphatic carbocycles. The molecule has 1 aromatic heterocycles. The number of aromatic nitrogens is 2. The highest BCUT2D eigenvalue weighted by Crippen LogP contribution is 2.17. The summed E-state index contributed by atoms with van der Waals surface area (Å²) in [6, 6.07) is 18.7. The summed E-state index contributed by atoms with van der Waals surface area (Å²) in [4.78, 5) is 24.4. The van der Waals surface area contributed by atoms with Gasteiger partial charge in [-0.1, -0.05) is 30.3 Å². The van der Waals surface area contributed by atoms with E-state index in [1.807, 2.05) is 44.2 Å². The van der Waals surface area contributed by atoms with Gasteiger partial charge in [0.05, 0.1) is 12.2 Å². The van der Waals surface area contributed by atoms with Crippen LogP contribution in [-0.4, -0.2) is 28.1 Å². The number of hydrogen-bond donors (Lipinski definition) is 2. The Morgan fingerprint density at radius 3 is 2.48 bits per heavy atom. The number of benzene rings is 2. The van der Waals surface area contributed by atoms with E-state index in [1.54, 1.807) is 35.0 Å². The third kappa shape index (κ3) is 5.68. The third-order valence-electron chi connectivity index (χ3n) is 4.23. The molecular formula is C22H24N4O3. The summed E-state index contributed by atoms with van der Waals surface area (Å²) in [7, 11) is 0. The van der Waals surface area contributed by atoms with E-state index in [9.17, 15) is 9.59 Å². The Balaban J connectivity index is 1.47. The van der Waals surface area contributed by atoms with Crippen LogP contribution in [0.1, 0.15) is 28.7 Å². The summed E-state index contributed by atoms with van der Waals surface area (Å²) in [5, 5.41) is 9.60. The number of anilines is 1. The molecule has 29 heavy (non-hydrogen) atoms. The van der Waals surface area contributed by atoms with Crippen molar-refractivity contribution in [2.45, 2.75) is 27.0 Å². The maximum Gasteiger partial charge on any atom is 0.269 e. The van der Waals surface area contributed by atoms with Gasteiger partial charge in [-0.15, -0.1) is 0 Å². The fourth-order valence-corrected chi connectivity index (χ4v) is 2.80. The number of hydrogen-bond acceptors (Lipinski definition) is 4. The van der Waals surface area contributed by atoms with Crippen LogP contribution >= 0.6 is 0 Å². The van der Waals surface area contributed by atoms with Crippen molar-refractivity contribution in [2.24, 2.45) is 0 Å². The normalized spacial score (nSPS) is 10.4. The number of nitrogens with zero attached hydrogens (tertiary/aromatic N) is 2. The van der Waals surface area contributed by atoms with Crippen molar-refractivity contribution in [1.82, 2.24) is 15.1 Å². The molecule has 0 unspecified atom stereocenters. The molecule has 2 amide bonds. The summed E-state index contributed by atoms with van der Waals surface area (Å²) in [6.07, 6.45) is 0. The Kier molecular flexibility index (Phi) is 6.63. The molecule has 150 valence electrons. The molecule has 2 aromatic carbocycles. The summed E-state index contributed by atoms with van der Waals surface area (Å²) >= 11 is 0. The number of rotatable bonds is 8. The van der Waals surface area contributed by atoms with Crippen molar-refractivity contribution in [3.63, 3.8) is 0 Å². The molecule has 0 radical (unpaired) electrons. The molecule has 0 aliphatic rings. The van der Waals surface area contributed by atoms with E-state index in [2.05, 4.69) is 15.7 Å². The lowest BCUT2D eigenvalue weighted by Gasteiger charge is -2.09. The van der Waals surface area contributed by atoms with Crippen LogP contribution < -0.4 is 15.4 Å². The number of ether oxygens (including phenoxy) is 1. The maximum atomic E-state index is 12.3. The van der Waals surface area contributed by atoms with E-state index < -0.39 is 0 Å². The Bertz CT molecular complexity index is 965. The van der Waals surface area contributed by atoms with E-state index in [4.69, 9.17) is 4.74 Å². The van der Waals surface area contributed by atoms with E-state index in [1.165, 1.54) is 0 Å². The number of aryl methyl sites for hydroxylation is 2. The molecule has 3 aromatic rings. The molecule has 0 saturated heterocycles. The molecule has 2 N–H and O–H groups in total. The molecule has 0 atom stereocenters. The van der Waals surface area contributed by atoms with Crippen LogP contribution in [0.15, 0.2) is 60.7 Å². The van der Waals surface area contributed by atoms with Gasteiger partial charge in [-0.05, 0) is 49.7 Å². The van der Waals surface area contributed by atoms with E-state index in [0.29, 0.717) is 30.3 Å². The van der Waals surface area contributed by atoms with E-state index in [0.717, 1.165) is 11.3 Å². The van der Waals surface area contributed by atoms with Gasteiger partial charge in [-0.25, -0.2) is 0 Å². The summed E-state index contributed by atoms with van der Waals surface area (Å²) < 4.78 is 7.33. The van der Waals surface area contributed by atoms with Gasteiger partial charge in [0.25, 0.3) is 5.91 Å². The number of carbonyl (C=O) groups is 2. The smallest absolute Gasteiger partial charge is 0.269 e. The van der Waals surface area contributed by atoms with Crippen molar-refractivity contribution < 1.29 is 14.3 Å². The first kappa shape index (κ1) is 20.1. The van der Waals surface area contributed by atoms with Crippen LogP contribution in [0.3, 0.4) is 0 Å². The summed E-state index contributed by atoms with van der Waals surface area (Å²) in [6.45, 7) is 4.67. The molecule has 0 spiro atoms. The topological polar surface area (TPSA) is 85.2 Å². The molecule has 3 rings (SSSR count). The zero-order chi connectivity index (χ0) is 20.6. The monoisotopic (exact) mass is 392 g/mol. The van der Waals surface area contributed by atoms with Gasteiger partial charge in [0.15, 0.2) is 0 Å². The number of carbonyl (C=O) groups excluding carboxylic acids is 2. The lowest BCUT2D eigenvalue weighted by atomic mass is 10.2. The summed E-state index contributed by atoms with van der Waals surface area (Å²) in [5.74, 6) is 0.0752. The Hall–Kier alpha value is -3.61. The second-order valence-electron chi connectivity index (χ2n) is 6.52. The van der Waals surface area contributed by atoms with Crippen molar-refractivity contribution in [3.05, 3.63) is 77.6 Å². The fraction of sp³-hybridized carbons (Fsp3) is 0.227. The highest BCUT2D eigenvalue weighted by Gasteiger charge is 2.14. The molecule has 7 heteroatoms. The SMILES string of the molecule is CCn1nc(C)cc1C(=O)NCC(=O)Nc1ccc(OCc2ccccc2)cc1. The van der Waals surface area contributed by atoms with Gasteiger partial charge >= 0.3 is 0 Å². The van der Waals surface area contributed by atoms with Crippen LogP contribution in [0.5, 0.6) is 5.75 Å². The quantitative estimate of drug-likeness (QED) is 0.617. The third-order valence-corrected chi connectivity index (χ3v) is 4.23. The lowest BCUT2D eigenvalue weighted by molar-refractivity contribution is -0.115. The first-order chi connectivity index (χ1) is 14.0. The molecule has 0 aliphatic heterocycles. The second-order valence-corrected chi connectivity index (χ2v) is 6.52. The summed E-state index contributed by atoms with van der Waals surface area (Å²) in [5.41, 5.74) is 2.92. The molecule has 7 nitrogen and oxygen atoms in total. The minimum absolute atomic E-state index is 0.126. The lowest BCUT2D eigenvalue weighted by Crippen LogP contribution is -2.34. The van der Waals surface area contributed by atoms with Crippen LogP contribution in [0.2, 0.25) is 0 Å². The van der Waals surface area contributed by atoms with Gasteiger partial charge in [-0.3, -0.25) is 14.3 Å². The first-order valence-corrected chi connectivity index (χ1v) is 9.44. The van der Waals surface area contributed by atoms with Crippen molar-refractivity contribution >= 4 is 17.5 Å². The minimum atomic E-state index is -0.327. The van der Waals surface area contributed by atoms with Crippen LogP contribution in [0.4, 0.5) is 5.69 Å². The molecule has 0 bridgehead atoms. The second kappa shape index (κ2) is 9.54. The van der Waals surface area contributed by atoms with Crippen LogP contribution in [-0.2, 0) is 17.9 Å². The molecule has 1 heterocycles. The standard InChI is InChI=1S/C22H24N4O3/c1-3-26-20(13-16(2)25-26)22(28)23-14-21(27)24-18-9-11-19(12-10-18)29-15-17-7-5-4-6-8-17/h4-13H,3,14-15H2,1-2H3,(H,23,28)(H,24,27). The van der Waals surface area contributed by atoms with E-state index >= 15 is 0 Å². The number of nitrogens with one attached hydrogen (secondary N) is 2. The van der Waals surface area contributed by atoms with Gasteiger partial charge in [-0.2, -0.15) is 5.10 Å². The van der Waals surface area contributed by atoms with Crippen molar-refractivity contribution in [1.29, 1.82) is 0 Å². The Morgan fingerprint density at radius 2 is 1.79 bits per heavy atom. The predicted molar refractivity (Wildman–Crippen MR) is 111 cm³/mol. The molecule has 0 fully saturated rings. The zero-order valence-electron chi connectivity index (χ0n) is 16.5.